The Morgan fingerprint density at radius 2 is 2.12 bits per heavy atom. The van der Waals surface area contributed by atoms with Crippen LogP contribution in [0.2, 0.25) is 0 Å². The molecule has 2 N–H and O–H groups in total. The van der Waals surface area contributed by atoms with Crippen LogP contribution in [0.5, 0.6) is 0 Å². The fourth-order valence-electron chi connectivity index (χ4n) is 1.19. The molecule has 0 heterocycles. The average molecular weight is 228 g/mol. The smallest absolute Gasteiger partial charge is 0.331 e. The van der Waals surface area contributed by atoms with Crippen LogP contribution in [0.4, 0.5) is 0 Å². The molecular weight excluding hydrogens is 204 g/mol. The number of rotatable bonds is 8. The minimum atomic E-state index is -0.816. The maximum absolute atomic E-state index is 10.7. The van der Waals surface area contributed by atoms with Crippen molar-refractivity contribution in [2.45, 2.75) is 33.2 Å². The summed E-state index contributed by atoms with van der Waals surface area (Å²) < 4.78 is 0. The van der Waals surface area contributed by atoms with Crippen LogP contribution in [0.15, 0.2) is 11.6 Å². The first-order valence-corrected chi connectivity index (χ1v) is 5.82. The van der Waals surface area contributed by atoms with Crippen LogP contribution in [0, 0.1) is 0 Å². The van der Waals surface area contributed by atoms with E-state index >= 15 is 0 Å². The SMILES string of the molecule is CCC(=CCNCCN(C)C(C)C)C(=O)O. The highest BCUT2D eigenvalue weighted by Gasteiger charge is 2.03. The van der Waals surface area contributed by atoms with Crippen molar-refractivity contribution in [1.29, 1.82) is 0 Å². The highest BCUT2D eigenvalue weighted by Crippen LogP contribution is 1.98. The summed E-state index contributed by atoms with van der Waals surface area (Å²) >= 11 is 0. The van der Waals surface area contributed by atoms with Gasteiger partial charge in [-0.1, -0.05) is 13.0 Å². The van der Waals surface area contributed by atoms with Gasteiger partial charge in [0.15, 0.2) is 0 Å². The second-order valence-corrected chi connectivity index (χ2v) is 4.17. The van der Waals surface area contributed by atoms with Crippen molar-refractivity contribution in [2.75, 3.05) is 26.7 Å². The summed E-state index contributed by atoms with van der Waals surface area (Å²) in [4.78, 5) is 12.9. The van der Waals surface area contributed by atoms with E-state index in [0.717, 1.165) is 13.1 Å². The van der Waals surface area contributed by atoms with E-state index in [-0.39, 0.29) is 0 Å². The molecule has 0 atom stereocenters. The maximum Gasteiger partial charge on any atom is 0.331 e. The van der Waals surface area contributed by atoms with E-state index in [2.05, 4.69) is 31.1 Å². The van der Waals surface area contributed by atoms with Crippen molar-refractivity contribution in [1.82, 2.24) is 10.2 Å². The summed E-state index contributed by atoms with van der Waals surface area (Å²) in [5, 5.41) is 12.0. The zero-order valence-electron chi connectivity index (χ0n) is 10.8. The molecule has 0 aromatic heterocycles. The van der Waals surface area contributed by atoms with Crippen LogP contribution in [0.1, 0.15) is 27.2 Å². The average Bonchev–Trinajstić information content (AvgIpc) is 2.22. The van der Waals surface area contributed by atoms with Crippen molar-refractivity contribution in [2.24, 2.45) is 0 Å². The Labute approximate surface area is 98.3 Å². The third-order valence-corrected chi connectivity index (χ3v) is 2.67. The van der Waals surface area contributed by atoms with Crippen LogP contribution >= 0.6 is 0 Å². The first-order valence-electron chi connectivity index (χ1n) is 5.82. The normalized spacial score (nSPS) is 12.5. The second kappa shape index (κ2) is 8.30. The topological polar surface area (TPSA) is 52.6 Å². The molecule has 0 amide bonds. The van der Waals surface area contributed by atoms with Crippen LogP contribution in [-0.4, -0.2) is 48.7 Å². The molecule has 0 aromatic carbocycles. The number of hydrogen-bond donors (Lipinski definition) is 2. The van der Waals surface area contributed by atoms with E-state index in [0.29, 0.717) is 24.6 Å². The Kier molecular flexibility index (Phi) is 7.85. The molecule has 94 valence electrons. The predicted octanol–water partition coefficient (Wildman–Crippen LogP) is 1.34. The highest BCUT2D eigenvalue weighted by molar-refractivity contribution is 5.86. The van der Waals surface area contributed by atoms with Gasteiger partial charge in [0, 0.05) is 31.2 Å². The van der Waals surface area contributed by atoms with Gasteiger partial charge in [0.05, 0.1) is 0 Å². The summed E-state index contributed by atoms with van der Waals surface area (Å²) in [7, 11) is 2.08. The zero-order chi connectivity index (χ0) is 12.6. The number of carboxylic acids is 1. The Hall–Kier alpha value is -0.870. The number of nitrogens with zero attached hydrogens (tertiary/aromatic N) is 1. The van der Waals surface area contributed by atoms with Crippen molar-refractivity contribution in [3.05, 3.63) is 11.6 Å². The van der Waals surface area contributed by atoms with Crippen LogP contribution in [0.25, 0.3) is 0 Å². The monoisotopic (exact) mass is 228 g/mol. The van der Waals surface area contributed by atoms with Gasteiger partial charge in [0.25, 0.3) is 0 Å². The summed E-state index contributed by atoms with van der Waals surface area (Å²) in [6.45, 7) is 8.63. The Balaban J connectivity index is 3.71. The van der Waals surface area contributed by atoms with Gasteiger partial charge in [-0.15, -0.1) is 0 Å². The highest BCUT2D eigenvalue weighted by atomic mass is 16.4. The van der Waals surface area contributed by atoms with E-state index in [1.165, 1.54) is 0 Å². The van der Waals surface area contributed by atoms with Crippen LogP contribution < -0.4 is 5.32 Å². The lowest BCUT2D eigenvalue weighted by Gasteiger charge is -2.20. The number of likely N-dealkylation sites (N-methyl/N-ethyl adjacent to an activating group) is 1. The molecule has 0 aromatic rings. The third kappa shape index (κ3) is 6.58. The molecule has 0 aliphatic heterocycles. The lowest BCUT2D eigenvalue weighted by molar-refractivity contribution is -0.132. The molecule has 0 fully saturated rings. The second-order valence-electron chi connectivity index (χ2n) is 4.17. The summed E-state index contributed by atoms with van der Waals surface area (Å²) in [5.41, 5.74) is 0.477. The standard InChI is InChI=1S/C12H24N2O2/c1-5-11(12(15)16)6-7-13-8-9-14(4)10(2)3/h6,10,13H,5,7-9H2,1-4H3,(H,15,16). The number of hydrogen-bond acceptors (Lipinski definition) is 3. The molecule has 0 saturated carbocycles. The number of carboxylic acid groups (broad SMARTS) is 1. The summed E-state index contributed by atoms with van der Waals surface area (Å²) in [5.74, 6) is -0.816. The minimum Gasteiger partial charge on any atom is -0.478 e. The van der Waals surface area contributed by atoms with Gasteiger partial charge in [0.1, 0.15) is 0 Å². The molecule has 16 heavy (non-hydrogen) atoms. The van der Waals surface area contributed by atoms with E-state index < -0.39 is 5.97 Å². The van der Waals surface area contributed by atoms with Gasteiger partial charge in [-0.2, -0.15) is 0 Å². The molecule has 0 rings (SSSR count). The molecule has 4 heteroatoms. The van der Waals surface area contributed by atoms with E-state index in [1.54, 1.807) is 6.08 Å². The number of aliphatic carboxylic acids is 1. The van der Waals surface area contributed by atoms with Gasteiger partial charge in [-0.05, 0) is 27.3 Å². The fraction of sp³-hybridized carbons (Fsp3) is 0.750. The van der Waals surface area contributed by atoms with Crippen LogP contribution in [-0.2, 0) is 4.79 Å². The van der Waals surface area contributed by atoms with Crippen molar-refractivity contribution in [3.8, 4) is 0 Å². The lowest BCUT2D eigenvalue weighted by Crippen LogP contribution is -2.33. The molecule has 0 radical (unpaired) electrons. The lowest BCUT2D eigenvalue weighted by atomic mass is 10.2. The molecule has 0 bridgehead atoms. The minimum absolute atomic E-state index is 0.477. The maximum atomic E-state index is 10.7. The largest absolute Gasteiger partial charge is 0.478 e. The predicted molar refractivity (Wildman–Crippen MR) is 66.6 cm³/mol. The fourth-order valence-corrected chi connectivity index (χ4v) is 1.19. The summed E-state index contributed by atoms with van der Waals surface area (Å²) in [6, 6.07) is 0.544. The van der Waals surface area contributed by atoms with Gasteiger partial charge in [-0.3, -0.25) is 0 Å². The molecule has 0 saturated heterocycles. The molecule has 0 aliphatic carbocycles. The molecule has 0 spiro atoms. The van der Waals surface area contributed by atoms with E-state index in [9.17, 15) is 4.79 Å². The van der Waals surface area contributed by atoms with Gasteiger partial charge in [-0.25, -0.2) is 4.79 Å². The van der Waals surface area contributed by atoms with E-state index in [4.69, 9.17) is 5.11 Å². The first kappa shape index (κ1) is 15.1. The number of carbonyl (C=O) groups is 1. The van der Waals surface area contributed by atoms with Gasteiger partial charge < -0.3 is 15.3 Å². The Morgan fingerprint density at radius 1 is 1.50 bits per heavy atom. The summed E-state index contributed by atoms with van der Waals surface area (Å²) in [6.07, 6.45) is 2.32. The van der Waals surface area contributed by atoms with Crippen molar-refractivity contribution in [3.63, 3.8) is 0 Å². The first-order chi connectivity index (χ1) is 7.49. The van der Waals surface area contributed by atoms with Crippen molar-refractivity contribution >= 4 is 5.97 Å². The molecule has 0 unspecified atom stereocenters. The third-order valence-electron chi connectivity index (χ3n) is 2.67. The van der Waals surface area contributed by atoms with Gasteiger partial charge in [0.2, 0.25) is 0 Å². The quantitative estimate of drug-likeness (QED) is 0.486. The Morgan fingerprint density at radius 3 is 2.56 bits per heavy atom. The zero-order valence-corrected chi connectivity index (χ0v) is 10.8. The van der Waals surface area contributed by atoms with Crippen LogP contribution in [0.3, 0.4) is 0 Å². The molecular formula is C12H24N2O2. The Bertz CT molecular complexity index is 237. The number of nitrogens with one attached hydrogen (secondary N) is 1. The van der Waals surface area contributed by atoms with E-state index in [1.807, 2.05) is 6.92 Å². The van der Waals surface area contributed by atoms with Gasteiger partial charge >= 0.3 is 5.97 Å². The molecule has 0 aliphatic rings. The molecule has 4 nitrogen and oxygen atoms in total. The van der Waals surface area contributed by atoms with Crippen molar-refractivity contribution < 1.29 is 9.90 Å².